The minimum atomic E-state index is -0.0916. The van der Waals surface area contributed by atoms with Gasteiger partial charge in [-0.1, -0.05) is 0 Å². The number of aliphatic hydroxyl groups is 1. The van der Waals surface area contributed by atoms with Crippen LogP contribution in [0.4, 0.5) is 0 Å². The first-order valence-corrected chi connectivity index (χ1v) is 15.0. The fourth-order valence-corrected chi connectivity index (χ4v) is 13.0. The molecule has 1 spiro atoms. The summed E-state index contributed by atoms with van der Waals surface area (Å²) in [5.74, 6) is 5.01. The second-order valence-electron chi connectivity index (χ2n) is 12.7. The molecule has 0 bridgehead atoms. The SMILES string of the molecule is C[C@@H]1CC[C@]2(O[C@H]3C[C@H]4[C@@H]5CC=C6C[C@@H](O)CC[C@]6(C)[C@H]5CC[C@]4(C)[C@H]3[C@@H]2C)[Se]C1. The van der Waals surface area contributed by atoms with Gasteiger partial charge in [-0.3, -0.25) is 0 Å². The zero-order valence-corrected chi connectivity index (χ0v) is 21.2. The first kappa shape index (κ1) is 20.8. The van der Waals surface area contributed by atoms with Crippen molar-refractivity contribution >= 4 is 15.0 Å². The first-order chi connectivity index (χ1) is 14.3. The van der Waals surface area contributed by atoms with Gasteiger partial charge in [0.15, 0.2) is 0 Å². The fraction of sp³-hybridized carbons (Fsp3) is 0.926. The van der Waals surface area contributed by atoms with Crippen LogP contribution in [0, 0.1) is 46.3 Å². The van der Waals surface area contributed by atoms with E-state index < -0.39 is 0 Å². The summed E-state index contributed by atoms with van der Waals surface area (Å²) in [5.41, 5.74) is 2.45. The van der Waals surface area contributed by atoms with Crippen molar-refractivity contribution < 1.29 is 9.84 Å². The zero-order valence-electron chi connectivity index (χ0n) is 19.5. The summed E-state index contributed by atoms with van der Waals surface area (Å²) in [4.78, 5) is 0. The van der Waals surface area contributed by atoms with E-state index in [1.54, 1.807) is 5.57 Å². The summed E-state index contributed by atoms with van der Waals surface area (Å²) in [6.07, 6.45) is 14.3. The van der Waals surface area contributed by atoms with Gasteiger partial charge in [-0.15, -0.1) is 0 Å². The Kier molecular flexibility index (Phi) is 4.74. The van der Waals surface area contributed by atoms with Crippen LogP contribution in [-0.4, -0.2) is 36.8 Å². The maximum atomic E-state index is 10.3. The second kappa shape index (κ2) is 6.85. The van der Waals surface area contributed by atoms with Gasteiger partial charge in [-0.05, 0) is 0 Å². The molecule has 11 atom stereocenters. The predicted octanol–water partition coefficient (Wildman–Crippen LogP) is 5.82. The molecule has 0 aromatic carbocycles. The predicted molar refractivity (Wildman–Crippen MR) is 122 cm³/mol. The Morgan fingerprint density at radius 1 is 1.07 bits per heavy atom. The molecule has 0 amide bonds. The van der Waals surface area contributed by atoms with Gasteiger partial charge < -0.3 is 0 Å². The maximum absolute atomic E-state index is 10.3. The molecule has 6 aliphatic rings. The summed E-state index contributed by atoms with van der Waals surface area (Å²) < 4.78 is 7.41. The Morgan fingerprint density at radius 3 is 2.67 bits per heavy atom. The Morgan fingerprint density at radius 2 is 1.90 bits per heavy atom. The molecule has 2 nitrogen and oxygen atoms in total. The van der Waals surface area contributed by atoms with Crippen molar-refractivity contribution in [1.82, 2.24) is 0 Å². The number of hydrogen-bond acceptors (Lipinski definition) is 2. The molecule has 0 aromatic heterocycles. The third kappa shape index (κ3) is 2.68. The number of rotatable bonds is 0. The van der Waals surface area contributed by atoms with E-state index in [9.17, 15) is 5.11 Å². The molecule has 0 radical (unpaired) electrons. The van der Waals surface area contributed by atoms with Gasteiger partial charge in [0.2, 0.25) is 0 Å². The van der Waals surface area contributed by atoms with E-state index in [0.29, 0.717) is 31.9 Å². The van der Waals surface area contributed by atoms with Crippen LogP contribution in [-0.2, 0) is 4.74 Å². The van der Waals surface area contributed by atoms with Crippen molar-refractivity contribution in [2.75, 3.05) is 0 Å². The van der Waals surface area contributed by atoms with Gasteiger partial charge in [0.1, 0.15) is 0 Å². The summed E-state index contributed by atoms with van der Waals surface area (Å²) in [6.45, 7) is 10.3. The van der Waals surface area contributed by atoms with Gasteiger partial charge in [-0.25, -0.2) is 0 Å². The summed E-state index contributed by atoms with van der Waals surface area (Å²) in [6, 6.07) is 0. The molecule has 4 aliphatic carbocycles. The van der Waals surface area contributed by atoms with Gasteiger partial charge >= 0.3 is 190 Å². The van der Waals surface area contributed by atoms with Crippen molar-refractivity contribution in [2.45, 2.75) is 108 Å². The Balaban J connectivity index is 1.28. The van der Waals surface area contributed by atoms with E-state index in [-0.39, 0.29) is 10.6 Å². The van der Waals surface area contributed by atoms with Crippen LogP contribution in [0.3, 0.4) is 0 Å². The van der Waals surface area contributed by atoms with Crippen molar-refractivity contribution in [3.8, 4) is 0 Å². The molecule has 1 N–H and O–H groups in total. The molecule has 2 heterocycles. The van der Waals surface area contributed by atoms with Crippen LogP contribution in [0.1, 0.15) is 85.5 Å². The van der Waals surface area contributed by atoms with E-state index in [0.717, 1.165) is 48.3 Å². The third-order valence-corrected chi connectivity index (χ3v) is 15.3. The van der Waals surface area contributed by atoms with Gasteiger partial charge in [0.25, 0.3) is 0 Å². The van der Waals surface area contributed by atoms with Crippen LogP contribution in [0.5, 0.6) is 0 Å². The van der Waals surface area contributed by atoms with Crippen LogP contribution in [0.15, 0.2) is 11.6 Å². The van der Waals surface area contributed by atoms with Crippen molar-refractivity contribution in [3.63, 3.8) is 0 Å². The zero-order chi connectivity index (χ0) is 20.9. The van der Waals surface area contributed by atoms with E-state index in [4.69, 9.17) is 4.74 Å². The van der Waals surface area contributed by atoms with E-state index >= 15 is 0 Å². The molecule has 2 saturated heterocycles. The second-order valence-corrected chi connectivity index (χ2v) is 15.4. The molecule has 0 aromatic rings. The molecule has 168 valence electrons. The molecule has 3 saturated carbocycles. The van der Waals surface area contributed by atoms with Crippen LogP contribution >= 0.6 is 0 Å². The van der Waals surface area contributed by atoms with Gasteiger partial charge in [0.05, 0.1) is 0 Å². The van der Waals surface area contributed by atoms with E-state index in [2.05, 4.69) is 33.8 Å². The number of aliphatic hydroxyl groups excluding tert-OH is 1. The molecule has 30 heavy (non-hydrogen) atoms. The van der Waals surface area contributed by atoms with E-state index in [1.807, 2.05) is 0 Å². The van der Waals surface area contributed by atoms with Crippen LogP contribution in [0.2, 0.25) is 5.32 Å². The third-order valence-electron chi connectivity index (χ3n) is 11.3. The first-order valence-electron chi connectivity index (χ1n) is 13.0. The fourth-order valence-electron chi connectivity index (χ4n) is 9.66. The summed E-state index contributed by atoms with van der Waals surface area (Å²) in [5, 5.41) is 11.7. The van der Waals surface area contributed by atoms with Crippen molar-refractivity contribution in [2.24, 2.45) is 46.3 Å². The standard InChI is InChI=1S/C27H42O2Se/c1-16-7-12-27(30-15-16)17(2)24-23(29-27)14-22-20-6-5-18-13-19(28)8-10-25(18,3)21(20)9-11-26(22,24)4/h5,16-17,19-24,28H,6-15H2,1-4H3/t16-,17+,19+,20-,21+,22+,23+,24+,25+,26+,27+/m1/s1. The Hall–Kier alpha value is 0.179. The molecule has 3 heteroatoms. The number of allylic oxidation sites excluding steroid dienone is 1. The van der Waals surface area contributed by atoms with E-state index in [1.165, 1.54) is 50.3 Å². The monoisotopic (exact) mass is 478 g/mol. The topological polar surface area (TPSA) is 29.5 Å². The molecular weight excluding hydrogens is 435 g/mol. The molecule has 0 unspecified atom stereocenters. The quantitative estimate of drug-likeness (QED) is 0.352. The van der Waals surface area contributed by atoms with Crippen LogP contribution < -0.4 is 0 Å². The molecule has 6 rings (SSSR count). The number of hydrogen-bond donors (Lipinski definition) is 1. The normalized spacial score (nSPS) is 59.8. The average Bonchev–Trinajstić information content (AvgIpc) is 3.16. The molecule has 2 aliphatic heterocycles. The van der Waals surface area contributed by atoms with Crippen molar-refractivity contribution in [3.05, 3.63) is 11.6 Å². The van der Waals surface area contributed by atoms with Gasteiger partial charge in [-0.2, -0.15) is 0 Å². The van der Waals surface area contributed by atoms with Gasteiger partial charge in [0, 0.05) is 0 Å². The molecule has 5 fully saturated rings. The average molecular weight is 478 g/mol. The number of ether oxygens (including phenoxy) is 1. The Bertz CT molecular complexity index is 739. The van der Waals surface area contributed by atoms with Crippen LogP contribution in [0.25, 0.3) is 0 Å². The van der Waals surface area contributed by atoms with Crippen molar-refractivity contribution in [1.29, 1.82) is 0 Å². The molecular formula is C27H42O2Se. The Labute approximate surface area is 190 Å². The summed E-state index contributed by atoms with van der Waals surface area (Å²) in [7, 11) is 0. The number of fused-ring (bicyclic) bond motifs is 7. The minimum absolute atomic E-state index is 0.0916. The summed E-state index contributed by atoms with van der Waals surface area (Å²) >= 11 is 0.663.